The molecule has 2 unspecified atom stereocenters. The van der Waals surface area contributed by atoms with Crippen molar-refractivity contribution in [3.05, 3.63) is 24.3 Å². The summed E-state index contributed by atoms with van der Waals surface area (Å²) in [5, 5.41) is -1.32. The van der Waals surface area contributed by atoms with Gasteiger partial charge in [0, 0.05) is 5.69 Å². The topological polar surface area (TPSA) is 46.6 Å². The van der Waals surface area contributed by atoms with Gasteiger partial charge in [0.1, 0.15) is 5.75 Å². The lowest BCUT2D eigenvalue weighted by atomic mass is 10.3. The van der Waals surface area contributed by atoms with Crippen LogP contribution < -0.4 is 9.64 Å². The minimum atomic E-state index is -2.94. The lowest BCUT2D eigenvalue weighted by Crippen LogP contribution is -2.31. The number of ketones is 1. The molecule has 1 saturated heterocycles. The van der Waals surface area contributed by atoms with Crippen LogP contribution in [0, 0.1) is 0 Å². The van der Waals surface area contributed by atoms with E-state index in [-0.39, 0.29) is 11.4 Å². The van der Waals surface area contributed by atoms with E-state index in [9.17, 15) is 18.4 Å². The average molecular weight is 310 g/mol. The number of Topliss-reactive ketones (excluding diaryl/α,β-unsaturated/α-hetero) is 1. The van der Waals surface area contributed by atoms with E-state index in [0.29, 0.717) is 0 Å². The van der Waals surface area contributed by atoms with Gasteiger partial charge in [0.2, 0.25) is 0 Å². The molecule has 19 heavy (non-hydrogen) atoms. The van der Waals surface area contributed by atoms with Crippen LogP contribution in [0.2, 0.25) is 0 Å². The molecule has 2 rings (SSSR count). The highest BCUT2D eigenvalue weighted by Crippen LogP contribution is 2.30. The molecule has 1 fully saturated rings. The largest absolute Gasteiger partial charge is 0.435 e. The summed E-state index contributed by atoms with van der Waals surface area (Å²) in [6.07, 6.45) is 0. The van der Waals surface area contributed by atoms with Crippen LogP contribution in [0.1, 0.15) is 0 Å². The number of ether oxygens (including phenoxy) is 1. The van der Waals surface area contributed by atoms with Crippen LogP contribution in [0.4, 0.5) is 14.5 Å². The third-order valence-electron chi connectivity index (χ3n) is 2.51. The highest BCUT2D eigenvalue weighted by atomic mass is 35.5. The number of alkyl halides is 4. The van der Waals surface area contributed by atoms with Crippen LogP contribution in [-0.2, 0) is 9.59 Å². The summed E-state index contributed by atoms with van der Waals surface area (Å²) in [5.41, 5.74) is -0.917. The van der Waals surface area contributed by atoms with Crippen molar-refractivity contribution in [3.8, 4) is 5.75 Å². The number of amides is 1. The van der Waals surface area contributed by atoms with Gasteiger partial charge in [-0.25, -0.2) is 0 Å². The van der Waals surface area contributed by atoms with E-state index in [4.69, 9.17) is 23.2 Å². The summed E-state index contributed by atoms with van der Waals surface area (Å²) >= 11 is 11.4. The highest BCUT2D eigenvalue weighted by Gasteiger charge is 2.46. The predicted octanol–water partition coefficient (Wildman–Crippen LogP) is 2.38. The predicted molar refractivity (Wildman–Crippen MR) is 64.8 cm³/mol. The SMILES string of the molecule is O=C1C(Cl)C(=O)N(c2ccc(OC(F)F)cc2)C1Cl. The summed E-state index contributed by atoms with van der Waals surface area (Å²) in [6.45, 7) is -2.94. The first-order valence-electron chi connectivity index (χ1n) is 5.11. The maximum atomic E-state index is 12.0. The quantitative estimate of drug-likeness (QED) is 0.489. The number of carbonyl (C=O) groups is 2. The third-order valence-corrected chi connectivity index (χ3v) is 3.32. The van der Waals surface area contributed by atoms with Crippen molar-refractivity contribution >= 4 is 40.6 Å². The van der Waals surface area contributed by atoms with Gasteiger partial charge in [0.15, 0.2) is 16.7 Å². The average Bonchev–Trinajstić information content (AvgIpc) is 2.55. The van der Waals surface area contributed by atoms with Crippen molar-refractivity contribution in [2.45, 2.75) is 17.5 Å². The van der Waals surface area contributed by atoms with E-state index in [2.05, 4.69) is 4.74 Å². The number of benzene rings is 1. The molecule has 1 aromatic rings. The van der Waals surface area contributed by atoms with E-state index in [1.807, 2.05) is 0 Å². The number of anilines is 1. The van der Waals surface area contributed by atoms with Crippen molar-refractivity contribution in [3.63, 3.8) is 0 Å². The fourth-order valence-corrected chi connectivity index (χ4v) is 2.27. The lowest BCUT2D eigenvalue weighted by molar-refractivity contribution is -0.121. The Morgan fingerprint density at radius 1 is 1.16 bits per heavy atom. The number of carbonyl (C=O) groups excluding carboxylic acids is 2. The van der Waals surface area contributed by atoms with Gasteiger partial charge in [-0.05, 0) is 24.3 Å². The van der Waals surface area contributed by atoms with Gasteiger partial charge < -0.3 is 4.74 Å². The zero-order valence-corrected chi connectivity index (χ0v) is 10.7. The Balaban J connectivity index is 2.23. The third kappa shape index (κ3) is 2.64. The second-order valence-electron chi connectivity index (χ2n) is 3.68. The standard InChI is InChI=1S/C11H7Cl2F2NO3/c12-7-8(17)9(13)16(10(7)18)5-1-3-6(4-2-5)19-11(14)15/h1-4,7,9,11H. The number of hydrogen-bond acceptors (Lipinski definition) is 3. The van der Waals surface area contributed by atoms with Gasteiger partial charge >= 0.3 is 6.61 Å². The Morgan fingerprint density at radius 2 is 1.74 bits per heavy atom. The number of nitrogens with zero attached hydrogens (tertiary/aromatic N) is 1. The van der Waals surface area contributed by atoms with Crippen LogP contribution in [0.15, 0.2) is 24.3 Å². The molecule has 1 amide bonds. The minimum Gasteiger partial charge on any atom is -0.435 e. The molecular weight excluding hydrogens is 303 g/mol. The molecular formula is C11H7Cl2F2NO3. The minimum absolute atomic E-state index is 0.0646. The van der Waals surface area contributed by atoms with Crippen LogP contribution in [0.25, 0.3) is 0 Å². The molecule has 0 aromatic heterocycles. The Kier molecular flexibility index (Phi) is 3.91. The van der Waals surface area contributed by atoms with Gasteiger partial charge in [-0.2, -0.15) is 8.78 Å². The highest BCUT2D eigenvalue weighted by molar-refractivity contribution is 6.54. The molecule has 0 bridgehead atoms. The van der Waals surface area contributed by atoms with Crippen LogP contribution in [-0.4, -0.2) is 29.2 Å². The zero-order valence-electron chi connectivity index (χ0n) is 9.23. The van der Waals surface area contributed by atoms with Crippen molar-refractivity contribution in [2.24, 2.45) is 0 Å². The molecule has 2 atom stereocenters. The van der Waals surface area contributed by atoms with Crippen LogP contribution in [0.3, 0.4) is 0 Å². The molecule has 1 aliphatic rings. The monoisotopic (exact) mass is 309 g/mol. The summed E-state index contributed by atoms with van der Waals surface area (Å²) in [7, 11) is 0. The summed E-state index contributed by atoms with van der Waals surface area (Å²) in [5.74, 6) is -1.32. The van der Waals surface area contributed by atoms with Gasteiger partial charge in [0.05, 0.1) is 0 Å². The molecule has 0 N–H and O–H groups in total. The summed E-state index contributed by atoms with van der Waals surface area (Å²) in [4.78, 5) is 24.2. The molecule has 0 aliphatic carbocycles. The molecule has 4 nitrogen and oxygen atoms in total. The smallest absolute Gasteiger partial charge is 0.387 e. The first-order chi connectivity index (χ1) is 8.91. The van der Waals surface area contributed by atoms with Crippen LogP contribution >= 0.6 is 23.2 Å². The fourth-order valence-electron chi connectivity index (χ4n) is 1.65. The molecule has 0 saturated carbocycles. The van der Waals surface area contributed by atoms with Crippen molar-refractivity contribution in [2.75, 3.05) is 4.90 Å². The Labute approximate surface area is 116 Å². The van der Waals surface area contributed by atoms with Gasteiger partial charge in [0.25, 0.3) is 5.91 Å². The summed E-state index contributed by atoms with van der Waals surface area (Å²) < 4.78 is 28.1. The van der Waals surface area contributed by atoms with E-state index in [1.54, 1.807) is 0 Å². The van der Waals surface area contributed by atoms with Gasteiger partial charge in [-0.3, -0.25) is 14.5 Å². The lowest BCUT2D eigenvalue weighted by Gasteiger charge is -2.19. The molecule has 8 heteroatoms. The Hall–Kier alpha value is -1.40. The van der Waals surface area contributed by atoms with Crippen LogP contribution in [0.5, 0.6) is 5.75 Å². The maximum Gasteiger partial charge on any atom is 0.387 e. The first kappa shape index (κ1) is 14.0. The number of halogens is 4. The van der Waals surface area contributed by atoms with E-state index >= 15 is 0 Å². The van der Waals surface area contributed by atoms with Crippen molar-refractivity contribution < 1.29 is 23.1 Å². The normalized spacial score (nSPS) is 23.3. The van der Waals surface area contributed by atoms with E-state index in [0.717, 1.165) is 4.90 Å². The number of rotatable bonds is 3. The Morgan fingerprint density at radius 3 is 2.16 bits per heavy atom. The molecule has 1 aromatic carbocycles. The zero-order chi connectivity index (χ0) is 14.2. The van der Waals surface area contributed by atoms with Gasteiger partial charge in [-0.1, -0.05) is 11.6 Å². The second kappa shape index (κ2) is 5.30. The first-order valence-corrected chi connectivity index (χ1v) is 5.99. The van der Waals surface area contributed by atoms with Crippen molar-refractivity contribution in [1.82, 2.24) is 0 Å². The molecule has 0 radical (unpaired) electrons. The Bertz CT molecular complexity index is 509. The maximum absolute atomic E-state index is 12.0. The summed E-state index contributed by atoms with van der Waals surface area (Å²) in [6, 6.07) is 5.16. The molecule has 1 heterocycles. The molecule has 102 valence electrons. The molecule has 0 spiro atoms. The fraction of sp³-hybridized carbons (Fsp3) is 0.273. The van der Waals surface area contributed by atoms with E-state index < -0.39 is 29.2 Å². The number of hydrogen-bond donors (Lipinski definition) is 0. The van der Waals surface area contributed by atoms with Gasteiger partial charge in [-0.15, -0.1) is 11.6 Å². The van der Waals surface area contributed by atoms with E-state index in [1.165, 1.54) is 24.3 Å². The van der Waals surface area contributed by atoms with Crippen molar-refractivity contribution in [1.29, 1.82) is 0 Å². The molecule has 1 aliphatic heterocycles. The second-order valence-corrected chi connectivity index (χ2v) is 4.53.